The van der Waals surface area contributed by atoms with Gasteiger partial charge in [0, 0.05) is 11.8 Å². The van der Waals surface area contributed by atoms with Crippen molar-refractivity contribution in [2.24, 2.45) is 0 Å². The standard InChI is InChI=1S/C17H13FO3/c1-20-17(19)14-10-16-12(9-15(14)18)8-13(21-16)7-11-5-3-2-4-6-11/h2-6,8-10H,7H2,1H3. The molecular formula is C17H13FO3. The maximum absolute atomic E-state index is 13.9. The Bertz CT molecular complexity index is 790. The average Bonchev–Trinajstić information content (AvgIpc) is 2.87. The smallest absolute Gasteiger partial charge is 0.340 e. The monoisotopic (exact) mass is 284 g/mol. The molecule has 2 aromatic carbocycles. The van der Waals surface area contributed by atoms with Gasteiger partial charge in [-0.1, -0.05) is 30.3 Å². The first-order valence-electron chi connectivity index (χ1n) is 6.51. The summed E-state index contributed by atoms with van der Waals surface area (Å²) >= 11 is 0. The molecule has 0 amide bonds. The zero-order valence-corrected chi connectivity index (χ0v) is 11.4. The summed E-state index contributed by atoms with van der Waals surface area (Å²) in [6, 6.07) is 14.3. The zero-order chi connectivity index (χ0) is 14.8. The highest BCUT2D eigenvalue weighted by Crippen LogP contribution is 2.25. The van der Waals surface area contributed by atoms with E-state index in [0.29, 0.717) is 17.4 Å². The summed E-state index contributed by atoms with van der Waals surface area (Å²) in [5.74, 6) is -0.602. The van der Waals surface area contributed by atoms with Crippen molar-refractivity contribution in [1.82, 2.24) is 0 Å². The molecule has 0 aliphatic heterocycles. The van der Waals surface area contributed by atoms with E-state index < -0.39 is 11.8 Å². The first kappa shape index (κ1) is 13.4. The predicted octanol–water partition coefficient (Wildman–Crippen LogP) is 3.95. The summed E-state index contributed by atoms with van der Waals surface area (Å²) in [4.78, 5) is 11.5. The van der Waals surface area contributed by atoms with Crippen molar-refractivity contribution in [1.29, 1.82) is 0 Å². The first-order valence-corrected chi connectivity index (χ1v) is 6.51. The Balaban J connectivity index is 1.98. The number of methoxy groups -OCH3 is 1. The second kappa shape index (κ2) is 5.40. The van der Waals surface area contributed by atoms with E-state index in [2.05, 4.69) is 4.74 Å². The van der Waals surface area contributed by atoms with Crippen molar-refractivity contribution in [2.45, 2.75) is 6.42 Å². The Morgan fingerprint density at radius 3 is 2.67 bits per heavy atom. The average molecular weight is 284 g/mol. The lowest BCUT2D eigenvalue weighted by Gasteiger charge is -2.00. The van der Waals surface area contributed by atoms with Gasteiger partial charge in [0.1, 0.15) is 17.2 Å². The fourth-order valence-electron chi connectivity index (χ4n) is 2.26. The lowest BCUT2D eigenvalue weighted by Crippen LogP contribution is -2.03. The molecule has 106 valence electrons. The molecule has 1 aromatic heterocycles. The lowest BCUT2D eigenvalue weighted by molar-refractivity contribution is 0.0595. The number of carbonyl (C=O) groups is 1. The molecule has 0 radical (unpaired) electrons. The van der Waals surface area contributed by atoms with Crippen molar-refractivity contribution < 1.29 is 18.3 Å². The van der Waals surface area contributed by atoms with Gasteiger partial charge in [0.2, 0.25) is 0 Å². The normalized spacial score (nSPS) is 10.8. The van der Waals surface area contributed by atoms with E-state index in [1.165, 1.54) is 19.2 Å². The van der Waals surface area contributed by atoms with Crippen LogP contribution in [0.1, 0.15) is 21.7 Å². The maximum atomic E-state index is 13.9. The summed E-state index contributed by atoms with van der Waals surface area (Å²) in [7, 11) is 1.22. The zero-order valence-electron chi connectivity index (χ0n) is 11.4. The van der Waals surface area contributed by atoms with Crippen LogP contribution in [0.5, 0.6) is 0 Å². The van der Waals surface area contributed by atoms with Gasteiger partial charge in [-0.05, 0) is 23.8 Å². The van der Waals surface area contributed by atoms with Crippen molar-refractivity contribution in [2.75, 3.05) is 7.11 Å². The summed E-state index contributed by atoms with van der Waals surface area (Å²) in [6.45, 7) is 0. The fraction of sp³-hybridized carbons (Fsp3) is 0.118. The van der Waals surface area contributed by atoms with Gasteiger partial charge >= 0.3 is 5.97 Å². The highest BCUT2D eigenvalue weighted by molar-refractivity contribution is 5.94. The van der Waals surface area contributed by atoms with Gasteiger partial charge in [-0.25, -0.2) is 9.18 Å². The van der Waals surface area contributed by atoms with Gasteiger partial charge in [0.05, 0.1) is 12.7 Å². The third kappa shape index (κ3) is 2.65. The van der Waals surface area contributed by atoms with Gasteiger partial charge in [-0.15, -0.1) is 0 Å². The molecule has 0 saturated carbocycles. The number of furan rings is 1. The molecule has 0 bridgehead atoms. The minimum Gasteiger partial charge on any atom is -0.465 e. The number of fused-ring (bicyclic) bond motifs is 1. The van der Waals surface area contributed by atoms with E-state index in [4.69, 9.17) is 4.42 Å². The highest BCUT2D eigenvalue weighted by atomic mass is 19.1. The molecule has 0 aliphatic rings. The molecule has 0 fully saturated rings. The van der Waals surface area contributed by atoms with Crippen molar-refractivity contribution in [3.63, 3.8) is 0 Å². The molecule has 0 aliphatic carbocycles. The van der Waals surface area contributed by atoms with Crippen LogP contribution in [0.4, 0.5) is 4.39 Å². The molecule has 0 atom stereocenters. The minimum atomic E-state index is -0.713. The molecule has 21 heavy (non-hydrogen) atoms. The third-order valence-corrected chi connectivity index (χ3v) is 3.28. The van der Waals surface area contributed by atoms with E-state index in [9.17, 15) is 9.18 Å². The largest absolute Gasteiger partial charge is 0.465 e. The first-order chi connectivity index (χ1) is 10.2. The second-order valence-corrected chi connectivity index (χ2v) is 4.74. The topological polar surface area (TPSA) is 39.4 Å². The number of hydrogen-bond donors (Lipinski definition) is 0. The third-order valence-electron chi connectivity index (χ3n) is 3.28. The number of benzene rings is 2. The van der Waals surface area contributed by atoms with Crippen molar-refractivity contribution >= 4 is 16.9 Å². The number of hydrogen-bond acceptors (Lipinski definition) is 3. The van der Waals surface area contributed by atoms with Gasteiger partial charge in [0.15, 0.2) is 0 Å². The number of halogens is 1. The maximum Gasteiger partial charge on any atom is 0.340 e. The molecule has 0 saturated heterocycles. The molecule has 0 N–H and O–H groups in total. The summed E-state index contributed by atoms with van der Waals surface area (Å²) < 4.78 is 24.1. The molecule has 4 heteroatoms. The van der Waals surface area contributed by atoms with E-state index in [-0.39, 0.29) is 5.56 Å². The van der Waals surface area contributed by atoms with Crippen LogP contribution in [-0.2, 0) is 11.2 Å². The molecule has 3 aromatic rings. The van der Waals surface area contributed by atoms with Crippen LogP contribution < -0.4 is 0 Å². The van der Waals surface area contributed by atoms with Crippen LogP contribution in [0.25, 0.3) is 11.0 Å². The Morgan fingerprint density at radius 1 is 1.19 bits per heavy atom. The van der Waals surface area contributed by atoms with Crippen LogP contribution in [-0.4, -0.2) is 13.1 Å². The molecule has 0 unspecified atom stereocenters. The van der Waals surface area contributed by atoms with Crippen molar-refractivity contribution in [3.8, 4) is 0 Å². The Hall–Kier alpha value is -2.62. The summed E-state index contributed by atoms with van der Waals surface area (Å²) in [5.41, 5.74) is 1.46. The fourth-order valence-corrected chi connectivity index (χ4v) is 2.26. The van der Waals surface area contributed by atoms with Gasteiger partial charge < -0.3 is 9.15 Å². The molecule has 0 spiro atoms. The van der Waals surface area contributed by atoms with Crippen LogP contribution in [0.2, 0.25) is 0 Å². The highest BCUT2D eigenvalue weighted by Gasteiger charge is 2.15. The predicted molar refractivity (Wildman–Crippen MR) is 76.8 cm³/mol. The number of ether oxygens (including phenoxy) is 1. The quantitative estimate of drug-likeness (QED) is 0.684. The van der Waals surface area contributed by atoms with E-state index in [1.807, 2.05) is 30.3 Å². The van der Waals surface area contributed by atoms with Crippen LogP contribution in [0.15, 0.2) is 52.9 Å². The Labute approximate surface area is 120 Å². The van der Waals surface area contributed by atoms with E-state index in [0.717, 1.165) is 11.3 Å². The lowest BCUT2D eigenvalue weighted by atomic mass is 10.1. The summed E-state index contributed by atoms with van der Waals surface area (Å²) in [5, 5.41) is 0.631. The minimum absolute atomic E-state index is 0.120. The number of carbonyl (C=O) groups excluding carboxylic acids is 1. The van der Waals surface area contributed by atoms with E-state index >= 15 is 0 Å². The molecular weight excluding hydrogens is 271 g/mol. The Kier molecular flexibility index (Phi) is 3.44. The summed E-state index contributed by atoms with van der Waals surface area (Å²) in [6.07, 6.45) is 0.616. The van der Waals surface area contributed by atoms with Gasteiger partial charge in [-0.2, -0.15) is 0 Å². The van der Waals surface area contributed by atoms with Crippen molar-refractivity contribution in [3.05, 3.63) is 71.2 Å². The van der Waals surface area contributed by atoms with Crippen LogP contribution >= 0.6 is 0 Å². The molecule has 3 rings (SSSR count). The SMILES string of the molecule is COC(=O)c1cc2oc(Cc3ccccc3)cc2cc1F. The van der Waals surface area contributed by atoms with Gasteiger partial charge in [0.25, 0.3) is 0 Å². The van der Waals surface area contributed by atoms with Crippen LogP contribution in [0, 0.1) is 5.82 Å². The number of rotatable bonds is 3. The van der Waals surface area contributed by atoms with Crippen LogP contribution in [0.3, 0.4) is 0 Å². The van der Waals surface area contributed by atoms with E-state index in [1.54, 1.807) is 6.07 Å². The van der Waals surface area contributed by atoms with Gasteiger partial charge in [-0.3, -0.25) is 0 Å². The molecule has 1 heterocycles. The molecule has 3 nitrogen and oxygen atoms in total. The number of esters is 1. The second-order valence-electron chi connectivity index (χ2n) is 4.74. The Morgan fingerprint density at radius 2 is 1.95 bits per heavy atom.